The number of anilines is 3. The second kappa shape index (κ2) is 9.61. The highest BCUT2D eigenvalue weighted by molar-refractivity contribution is 5.95. The first-order valence-corrected chi connectivity index (χ1v) is 9.02. The van der Waals surface area contributed by atoms with Gasteiger partial charge in [-0.1, -0.05) is 45.0 Å². The molecule has 0 fully saturated rings. The highest BCUT2D eigenvalue weighted by atomic mass is 16.2. The molecule has 0 saturated carbocycles. The summed E-state index contributed by atoms with van der Waals surface area (Å²) < 4.78 is 0. The smallest absolute Gasteiger partial charge is 0.243 e. The molecular weight excluding hydrogens is 326 g/mol. The third-order valence-electron chi connectivity index (χ3n) is 3.93. The first-order chi connectivity index (χ1) is 12.5. The van der Waals surface area contributed by atoms with Gasteiger partial charge in [0.05, 0.1) is 6.54 Å². The van der Waals surface area contributed by atoms with E-state index in [-0.39, 0.29) is 18.4 Å². The van der Waals surface area contributed by atoms with Crippen LogP contribution < -0.4 is 16.0 Å². The van der Waals surface area contributed by atoms with Crippen molar-refractivity contribution in [3.8, 4) is 0 Å². The minimum Gasteiger partial charge on any atom is -0.376 e. The van der Waals surface area contributed by atoms with Gasteiger partial charge in [-0.3, -0.25) is 9.59 Å². The zero-order valence-corrected chi connectivity index (χ0v) is 15.6. The van der Waals surface area contributed by atoms with E-state index in [9.17, 15) is 9.59 Å². The van der Waals surface area contributed by atoms with Crippen LogP contribution in [0.5, 0.6) is 0 Å². The predicted octanol–water partition coefficient (Wildman–Crippen LogP) is 4.60. The molecular formula is C21H27N3O2. The van der Waals surface area contributed by atoms with Crippen molar-refractivity contribution in [2.24, 2.45) is 0 Å². The molecule has 0 spiro atoms. The van der Waals surface area contributed by atoms with Crippen LogP contribution in [-0.4, -0.2) is 18.4 Å². The first kappa shape index (κ1) is 19.5. The summed E-state index contributed by atoms with van der Waals surface area (Å²) in [5.41, 5.74) is 3.49. The summed E-state index contributed by atoms with van der Waals surface area (Å²) in [5, 5.41) is 8.88. The molecule has 0 radical (unpaired) electrons. The Morgan fingerprint density at radius 3 is 2.23 bits per heavy atom. The Balaban J connectivity index is 1.93. The van der Waals surface area contributed by atoms with Crippen molar-refractivity contribution in [2.45, 2.75) is 39.5 Å². The van der Waals surface area contributed by atoms with Crippen molar-refractivity contribution in [1.82, 2.24) is 0 Å². The van der Waals surface area contributed by atoms with Gasteiger partial charge in [0.15, 0.2) is 0 Å². The maximum atomic E-state index is 12.2. The van der Waals surface area contributed by atoms with Gasteiger partial charge in [-0.25, -0.2) is 0 Å². The number of benzene rings is 2. The van der Waals surface area contributed by atoms with Crippen molar-refractivity contribution < 1.29 is 9.59 Å². The van der Waals surface area contributed by atoms with Gasteiger partial charge in [0.1, 0.15) is 0 Å². The van der Waals surface area contributed by atoms with E-state index in [1.165, 1.54) is 5.56 Å². The topological polar surface area (TPSA) is 70.2 Å². The molecule has 0 aliphatic rings. The van der Waals surface area contributed by atoms with Crippen molar-refractivity contribution in [3.63, 3.8) is 0 Å². The normalized spacial score (nSPS) is 10.5. The van der Waals surface area contributed by atoms with E-state index in [4.69, 9.17) is 0 Å². The quantitative estimate of drug-likeness (QED) is 0.649. The molecule has 0 bridgehead atoms. The van der Waals surface area contributed by atoms with E-state index in [0.717, 1.165) is 12.1 Å². The summed E-state index contributed by atoms with van der Waals surface area (Å²) in [6.07, 6.45) is 1.28. The van der Waals surface area contributed by atoms with Crippen molar-refractivity contribution in [1.29, 1.82) is 0 Å². The Hall–Kier alpha value is -2.82. The van der Waals surface area contributed by atoms with E-state index in [2.05, 4.69) is 35.9 Å². The number of nitrogens with one attached hydrogen (secondary N) is 3. The standard InChI is InChI=1S/C21H27N3O2/c1-4-8-20(25)23-16-9-7-10-17(13-16)24-21(26)14-22-19-12-6-5-11-18(19)15(2)3/h5-7,9-13,15,22H,4,8,14H2,1-3H3,(H,23,25)(H,24,26). The van der Waals surface area contributed by atoms with Crippen LogP contribution in [0.15, 0.2) is 48.5 Å². The summed E-state index contributed by atoms with van der Waals surface area (Å²) in [5.74, 6) is 0.216. The molecule has 2 rings (SSSR count). The second-order valence-corrected chi connectivity index (χ2v) is 6.52. The third kappa shape index (κ3) is 5.92. The molecule has 0 unspecified atom stereocenters. The highest BCUT2D eigenvalue weighted by Gasteiger charge is 2.08. The van der Waals surface area contributed by atoms with E-state index >= 15 is 0 Å². The lowest BCUT2D eigenvalue weighted by Gasteiger charge is -2.14. The Bertz CT molecular complexity index is 756. The Kier molecular flexibility index (Phi) is 7.21. The van der Waals surface area contributed by atoms with Gasteiger partial charge in [0.25, 0.3) is 0 Å². The molecule has 0 aliphatic heterocycles. The van der Waals surface area contributed by atoms with Crippen LogP contribution in [0.2, 0.25) is 0 Å². The molecule has 0 aromatic heterocycles. The van der Waals surface area contributed by atoms with E-state index < -0.39 is 0 Å². The van der Waals surface area contributed by atoms with Crippen LogP contribution in [0.25, 0.3) is 0 Å². The lowest BCUT2D eigenvalue weighted by Crippen LogP contribution is -2.22. The van der Waals surface area contributed by atoms with Gasteiger partial charge < -0.3 is 16.0 Å². The van der Waals surface area contributed by atoms with Crippen molar-refractivity contribution in [2.75, 3.05) is 22.5 Å². The molecule has 0 atom stereocenters. The summed E-state index contributed by atoms with van der Waals surface area (Å²) in [7, 11) is 0. The number of carbonyl (C=O) groups is 2. The van der Waals surface area contributed by atoms with E-state index in [0.29, 0.717) is 23.7 Å². The van der Waals surface area contributed by atoms with Gasteiger partial charge in [-0.15, -0.1) is 0 Å². The van der Waals surface area contributed by atoms with Crippen LogP contribution in [0.1, 0.15) is 45.1 Å². The molecule has 2 aromatic carbocycles. The summed E-state index contributed by atoms with van der Waals surface area (Å²) >= 11 is 0. The minimum absolute atomic E-state index is 0.0251. The molecule has 5 heteroatoms. The summed E-state index contributed by atoms with van der Waals surface area (Å²) in [4.78, 5) is 23.9. The summed E-state index contributed by atoms with van der Waals surface area (Å²) in [6.45, 7) is 6.38. The van der Waals surface area contributed by atoms with E-state index in [1.54, 1.807) is 24.3 Å². The Morgan fingerprint density at radius 2 is 1.58 bits per heavy atom. The van der Waals surface area contributed by atoms with Crippen molar-refractivity contribution >= 4 is 28.9 Å². The zero-order chi connectivity index (χ0) is 18.9. The number of rotatable bonds is 8. The molecule has 0 heterocycles. The Morgan fingerprint density at radius 1 is 0.923 bits per heavy atom. The zero-order valence-electron chi connectivity index (χ0n) is 15.6. The van der Waals surface area contributed by atoms with Crippen LogP contribution in [0, 0.1) is 0 Å². The van der Waals surface area contributed by atoms with Crippen LogP contribution in [0.4, 0.5) is 17.1 Å². The molecule has 2 amide bonds. The minimum atomic E-state index is -0.138. The average Bonchev–Trinajstić information content (AvgIpc) is 2.60. The lowest BCUT2D eigenvalue weighted by atomic mass is 10.0. The second-order valence-electron chi connectivity index (χ2n) is 6.52. The fraction of sp³-hybridized carbons (Fsp3) is 0.333. The van der Waals surface area contributed by atoms with Crippen LogP contribution >= 0.6 is 0 Å². The van der Waals surface area contributed by atoms with Gasteiger partial charge in [0, 0.05) is 23.5 Å². The monoisotopic (exact) mass is 353 g/mol. The maximum absolute atomic E-state index is 12.2. The average molecular weight is 353 g/mol. The van der Waals surface area contributed by atoms with Gasteiger partial charge in [0.2, 0.25) is 11.8 Å². The highest BCUT2D eigenvalue weighted by Crippen LogP contribution is 2.23. The SMILES string of the molecule is CCCC(=O)Nc1cccc(NC(=O)CNc2ccccc2C(C)C)c1. The molecule has 138 valence electrons. The fourth-order valence-electron chi connectivity index (χ4n) is 2.67. The summed E-state index contributed by atoms with van der Waals surface area (Å²) in [6, 6.07) is 15.2. The number of para-hydroxylation sites is 1. The van der Waals surface area contributed by atoms with E-state index in [1.807, 2.05) is 25.1 Å². The number of hydrogen-bond acceptors (Lipinski definition) is 3. The predicted molar refractivity (Wildman–Crippen MR) is 108 cm³/mol. The van der Waals surface area contributed by atoms with Crippen molar-refractivity contribution in [3.05, 3.63) is 54.1 Å². The molecule has 5 nitrogen and oxygen atoms in total. The largest absolute Gasteiger partial charge is 0.376 e. The van der Waals surface area contributed by atoms with Crippen LogP contribution in [-0.2, 0) is 9.59 Å². The van der Waals surface area contributed by atoms with Gasteiger partial charge >= 0.3 is 0 Å². The molecule has 0 saturated heterocycles. The molecule has 3 N–H and O–H groups in total. The Labute approximate surface area is 155 Å². The van der Waals surface area contributed by atoms with Gasteiger partial charge in [-0.2, -0.15) is 0 Å². The number of hydrogen-bond donors (Lipinski definition) is 3. The van der Waals surface area contributed by atoms with Gasteiger partial charge in [-0.05, 0) is 42.2 Å². The number of amides is 2. The first-order valence-electron chi connectivity index (χ1n) is 9.02. The molecule has 26 heavy (non-hydrogen) atoms. The molecule has 2 aromatic rings. The van der Waals surface area contributed by atoms with Crippen LogP contribution in [0.3, 0.4) is 0 Å². The fourth-order valence-corrected chi connectivity index (χ4v) is 2.67. The third-order valence-corrected chi connectivity index (χ3v) is 3.93. The molecule has 0 aliphatic carbocycles. The lowest BCUT2D eigenvalue weighted by molar-refractivity contribution is -0.116. The maximum Gasteiger partial charge on any atom is 0.243 e. The number of carbonyl (C=O) groups excluding carboxylic acids is 2.